The van der Waals surface area contributed by atoms with E-state index >= 15 is 0 Å². The standard InChI is InChI=1S/C18H25NO4S/c1-12-8-14(13(2)24-12)4-3-5-16(20)19-9-15-10-23-7-6-18(15,11-19)17(21)22/h8,15H,3-7,9-11H2,1-2H3,(H,21,22)/t15-,18+/m0/s1. The summed E-state index contributed by atoms with van der Waals surface area (Å²) in [6.07, 6.45) is 2.71. The lowest BCUT2D eigenvalue weighted by molar-refractivity contribution is -0.157. The first-order chi connectivity index (χ1) is 11.4. The Hall–Kier alpha value is -1.40. The molecule has 0 aromatic carbocycles. The van der Waals surface area contributed by atoms with Gasteiger partial charge in [-0.15, -0.1) is 11.3 Å². The average Bonchev–Trinajstić information content (AvgIpc) is 3.08. The van der Waals surface area contributed by atoms with Crippen LogP contribution in [0, 0.1) is 25.2 Å². The Balaban J connectivity index is 1.56. The summed E-state index contributed by atoms with van der Waals surface area (Å²) in [5, 5.41) is 9.66. The van der Waals surface area contributed by atoms with E-state index in [9.17, 15) is 14.7 Å². The summed E-state index contributed by atoms with van der Waals surface area (Å²) >= 11 is 1.80. The average molecular weight is 351 g/mol. The van der Waals surface area contributed by atoms with Crippen LogP contribution in [0.5, 0.6) is 0 Å². The van der Waals surface area contributed by atoms with Crippen LogP contribution in [0.1, 0.15) is 34.6 Å². The number of carboxylic acid groups (broad SMARTS) is 1. The molecule has 3 heterocycles. The lowest BCUT2D eigenvalue weighted by Gasteiger charge is -2.33. The molecule has 2 saturated heterocycles. The maximum Gasteiger partial charge on any atom is 0.311 e. The molecule has 1 aromatic heterocycles. The number of aliphatic carboxylic acids is 1. The van der Waals surface area contributed by atoms with Crippen molar-refractivity contribution in [2.45, 2.75) is 39.5 Å². The maximum absolute atomic E-state index is 12.5. The van der Waals surface area contributed by atoms with E-state index < -0.39 is 11.4 Å². The molecule has 0 bridgehead atoms. The van der Waals surface area contributed by atoms with Crippen molar-refractivity contribution >= 4 is 23.2 Å². The van der Waals surface area contributed by atoms with E-state index in [1.807, 2.05) is 0 Å². The summed E-state index contributed by atoms with van der Waals surface area (Å²) in [6, 6.07) is 2.20. The van der Waals surface area contributed by atoms with Crippen molar-refractivity contribution in [3.8, 4) is 0 Å². The van der Waals surface area contributed by atoms with Gasteiger partial charge in [-0.1, -0.05) is 0 Å². The summed E-state index contributed by atoms with van der Waals surface area (Å²) in [7, 11) is 0. The molecule has 6 heteroatoms. The maximum atomic E-state index is 12.5. The molecule has 132 valence electrons. The Bertz CT molecular complexity index is 641. The molecule has 1 amide bonds. The van der Waals surface area contributed by atoms with Crippen molar-refractivity contribution in [2.24, 2.45) is 11.3 Å². The van der Waals surface area contributed by atoms with Crippen LogP contribution in [-0.2, 0) is 20.7 Å². The minimum Gasteiger partial charge on any atom is -0.481 e. The number of hydrogen-bond acceptors (Lipinski definition) is 4. The second-order valence-corrected chi connectivity index (χ2v) is 8.51. The molecule has 0 aliphatic carbocycles. The van der Waals surface area contributed by atoms with Gasteiger partial charge in [0.2, 0.25) is 5.91 Å². The lowest BCUT2D eigenvalue weighted by atomic mass is 9.74. The SMILES string of the molecule is Cc1cc(CCCC(=O)N2C[C@H]3COCC[C@@]3(C(=O)O)C2)c(C)s1. The number of carbonyl (C=O) groups is 2. The van der Waals surface area contributed by atoms with Gasteiger partial charge in [-0.3, -0.25) is 9.59 Å². The molecule has 0 unspecified atom stereocenters. The highest BCUT2D eigenvalue weighted by molar-refractivity contribution is 7.12. The highest BCUT2D eigenvalue weighted by Crippen LogP contribution is 2.42. The Morgan fingerprint density at radius 1 is 1.46 bits per heavy atom. The fourth-order valence-corrected chi connectivity index (χ4v) is 4.99. The first-order valence-corrected chi connectivity index (χ1v) is 9.39. The number of amides is 1. The van der Waals surface area contributed by atoms with Crippen molar-refractivity contribution in [2.75, 3.05) is 26.3 Å². The second kappa shape index (κ2) is 6.84. The highest BCUT2D eigenvalue weighted by atomic mass is 32.1. The fraction of sp³-hybridized carbons (Fsp3) is 0.667. The van der Waals surface area contributed by atoms with Crippen LogP contribution in [0.15, 0.2) is 6.07 Å². The highest BCUT2D eigenvalue weighted by Gasteiger charge is 2.54. The third-order valence-electron chi connectivity index (χ3n) is 5.47. The number of likely N-dealkylation sites (tertiary alicyclic amines) is 1. The molecule has 0 saturated carbocycles. The van der Waals surface area contributed by atoms with Gasteiger partial charge in [-0.2, -0.15) is 0 Å². The normalized spacial score (nSPS) is 26.4. The summed E-state index contributed by atoms with van der Waals surface area (Å²) in [5.74, 6) is -0.778. The third kappa shape index (κ3) is 3.22. The molecule has 5 nitrogen and oxygen atoms in total. The Labute approximate surface area is 146 Å². The fourth-order valence-electron chi connectivity index (χ4n) is 4.01. The van der Waals surface area contributed by atoms with Crippen molar-refractivity contribution in [1.29, 1.82) is 0 Å². The molecule has 0 radical (unpaired) electrons. The van der Waals surface area contributed by atoms with Gasteiger partial charge in [0.05, 0.1) is 12.0 Å². The zero-order valence-electron chi connectivity index (χ0n) is 14.3. The zero-order valence-corrected chi connectivity index (χ0v) is 15.2. The quantitative estimate of drug-likeness (QED) is 0.886. The van der Waals surface area contributed by atoms with Crippen molar-refractivity contribution < 1.29 is 19.4 Å². The lowest BCUT2D eigenvalue weighted by Crippen LogP contribution is -2.45. The number of aryl methyl sites for hydroxylation is 3. The Morgan fingerprint density at radius 2 is 2.25 bits per heavy atom. The van der Waals surface area contributed by atoms with Crippen LogP contribution >= 0.6 is 11.3 Å². The van der Waals surface area contributed by atoms with Crippen LogP contribution in [0.4, 0.5) is 0 Å². The van der Waals surface area contributed by atoms with Crippen LogP contribution in [0.3, 0.4) is 0 Å². The van der Waals surface area contributed by atoms with Gasteiger partial charge in [-0.25, -0.2) is 0 Å². The number of carboxylic acids is 1. The molecule has 2 fully saturated rings. The van der Waals surface area contributed by atoms with Gasteiger partial charge in [0, 0.05) is 41.8 Å². The topological polar surface area (TPSA) is 66.8 Å². The summed E-state index contributed by atoms with van der Waals surface area (Å²) < 4.78 is 5.44. The molecular formula is C18H25NO4S. The molecule has 24 heavy (non-hydrogen) atoms. The number of fused-ring (bicyclic) bond motifs is 1. The number of thiophene rings is 1. The van der Waals surface area contributed by atoms with Gasteiger partial charge >= 0.3 is 5.97 Å². The summed E-state index contributed by atoms with van der Waals surface area (Å²) in [5.41, 5.74) is 0.533. The van der Waals surface area contributed by atoms with Crippen LogP contribution in [0.2, 0.25) is 0 Å². The van der Waals surface area contributed by atoms with Gasteiger partial charge in [0.15, 0.2) is 0 Å². The van der Waals surface area contributed by atoms with E-state index in [2.05, 4.69) is 19.9 Å². The molecule has 2 aliphatic heterocycles. The third-order valence-corrected chi connectivity index (χ3v) is 6.47. The smallest absolute Gasteiger partial charge is 0.311 e. The number of hydrogen-bond donors (Lipinski definition) is 1. The predicted molar refractivity (Wildman–Crippen MR) is 92.3 cm³/mol. The van der Waals surface area contributed by atoms with E-state index in [-0.39, 0.29) is 11.8 Å². The second-order valence-electron chi connectivity index (χ2n) is 7.05. The van der Waals surface area contributed by atoms with E-state index in [0.29, 0.717) is 39.1 Å². The molecule has 1 N–H and O–H groups in total. The number of carbonyl (C=O) groups excluding carboxylic acids is 1. The summed E-state index contributed by atoms with van der Waals surface area (Å²) in [6.45, 7) is 6.00. The van der Waals surface area contributed by atoms with Crippen molar-refractivity contribution in [3.63, 3.8) is 0 Å². The van der Waals surface area contributed by atoms with Gasteiger partial charge in [0.25, 0.3) is 0 Å². The molecule has 2 atom stereocenters. The number of nitrogens with zero attached hydrogens (tertiary/aromatic N) is 1. The predicted octanol–water partition coefficient (Wildman–Crippen LogP) is 2.64. The Kier molecular flexibility index (Phi) is 4.97. The molecule has 0 spiro atoms. The van der Waals surface area contributed by atoms with Crippen LogP contribution in [-0.4, -0.2) is 48.2 Å². The van der Waals surface area contributed by atoms with Crippen LogP contribution in [0.25, 0.3) is 0 Å². The minimum atomic E-state index is -0.797. The Morgan fingerprint density at radius 3 is 2.88 bits per heavy atom. The van der Waals surface area contributed by atoms with E-state index in [1.54, 1.807) is 16.2 Å². The van der Waals surface area contributed by atoms with E-state index in [0.717, 1.165) is 12.8 Å². The summed E-state index contributed by atoms with van der Waals surface area (Å²) in [4.78, 5) is 28.7. The number of rotatable bonds is 5. The number of ether oxygens (including phenoxy) is 1. The van der Waals surface area contributed by atoms with Crippen molar-refractivity contribution in [1.82, 2.24) is 4.90 Å². The van der Waals surface area contributed by atoms with Gasteiger partial charge in [-0.05, 0) is 44.7 Å². The molecular weight excluding hydrogens is 326 g/mol. The molecule has 2 aliphatic rings. The zero-order chi connectivity index (χ0) is 17.3. The van der Waals surface area contributed by atoms with E-state index in [4.69, 9.17) is 4.74 Å². The first-order valence-electron chi connectivity index (χ1n) is 8.57. The molecule has 1 aromatic rings. The molecule has 3 rings (SSSR count). The van der Waals surface area contributed by atoms with Gasteiger partial charge < -0.3 is 14.7 Å². The van der Waals surface area contributed by atoms with Crippen LogP contribution < -0.4 is 0 Å². The van der Waals surface area contributed by atoms with E-state index in [1.165, 1.54) is 15.3 Å². The first kappa shape index (κ1) is 17.4. The monoisotopic (exact) mass is 351 g/mol. The largest absolute Gasteiger partial charge is 0.481 e. The van der Waals surface area contributed by atoms with Gasteiger partial charge in [0.1, 0.15) is 0 Å². The van der Waals surface area contributed by atoms with Crippen molar-refractivity contribution in [3.05, 3.63) is 21.4 Å². The minimum absolute atomic E-state index is 0.0746.